The summed E-state index contributed by atoms with van der Waals surface area (Å²) in [6.07, 6.45) is -0.780. The van der Waals surface area contributed by atoms with E-state index in [1.165, 1.54) is 0 Å². The lowest BCUT2D eigenvalue weighted by atomic mass is 10.3. The zero-order valence-corrected chi connectivity index (χ0v) is 9.99. The number of hydrogen-bond donors (Lipinski definition) is 1. The third-order valence-electron chi connectivity index (χ3n) is 1.70. The molecule has 0 fully saturated rings. The van der Waals surface area contributed by atoms with E-state index in [-0.39, 0.29) is 13.2 Å². The largest absolute Gasteiger partial charge is 0.484 e. The number of amides is 2. The van der Waals surface area contributed by atoms with Crippen molar-refractivity contribution in [2.24, 2.45) is 0 Å². The van der Waals surface area contributed by atoms with Crippen LogP contribution < -0.4 is 10.1 Å². The first-order chi connectivity index (χ1) is 8.11. The molecule has 0 aliphatic rings. The van der Waals surface area contributed by atoms with E-state index in [9.17, 15) is 9.59 Å². The second kappa shape index (κ2) is 6.75. The van der Waals surface area contributed by atoms with Crippen LogP contribution in [0, 0.1) is 0 Å². The number of halogens is 1. The number of ether oxygens (including phenoxy) is 2. The molecule has 0 spiro atoms. The summed E-state index contributed by atoms with van der Waals surface area (Å²) in [6.45, 7) is 1.59. The lowest BCUT2D eigenvalue weighted by Gasteiger charge is -2.06. The van der Waals surface area contributed by atoms with Crippen molar-refractivity contribution in [2.75, 3.05) is 13.2 Å². The van der Waals surface area contributed by atoms with Crippen LogP contribution in [0.15, 0.2) is 24.3 Å². The van der Waals surface area contributed by atoms with Crippen LogP contribution >= 0.6 is 11.6 Å². The Morgan fingerprint density at radius 2 is 1.94 bits per heavy atom. The van der Waals surface area contributed by atoms with E-state index in [0.29, 0.717) is 10.8 Å². The van der Waals surface area contributed by atoms with Crippen LogP contribution in [0.3, 0.4) is 0 Å². The summed E-state index contributed by atoms with van der Waals surface area (Å²) >= 11 is 5.68. The van der Waals surface area contributed by atoms with Crippen LogP contribution in [0.1, 0.15) is 6.92 Å². The van der Waals surface area contributed by atoms with E-state index in [1.54, 1.807) is 31.2 Å². The van der Waals surface area contributed by atoms with Crippen LogP contribution in [0.2, 0.25) is 5.02 Å². The van der Waals surface area contributed by atoms with E-state index in [1.807, 2.05) is 5.32 Å². The molecule has 0 unspecified atom stereocenters. The molecule has 0 heterocycles. The highest BCUT2D eigenvalue weighted by Gasteiger charge is 2.08. The van der Waals surface area contributed by atoms with Gasteiger partial charge in [0.25, 0.3) is 5.91 Å². The van der Waals surface area contributed by atoms with Crippen molar-refractivity contribution in [3.05, 3.63) is 29.3 Å². The van der Waals surface area contributed by atoms with Crippen molar-refractivity contribution in [1.29, 1.82) is 0 Å². The SMILES string of the molecule is CCOC(=O)NC(=O)COc1ccc(Cl)cc1. The van der Waals surface area contributed by atoms with E-state index in [0.717, 1.165) is 0 Å². The molecule has 0 saturated carbocycles. The number of rotatable bonds is 4. The van der Waals surface area contributed by atoms with Crippen molar-refractivity contribution in [3.8, 4) is 5.75 Å². The average Bonchev–Trinajstić information content (AvgIpc) is 2.28. The van der Waals surface area contributed by atoms with E-state index >= 15 is 0 Å². The fourth-order valence-corrected chi connectivity index (χ4v) is 1.12. The average molecular weight is 258 g/mol. The molecule has 0 saturated heterocycles. The van der Waals surface area contributed by atoms with Gasteiger partial charge in [0.1, 0.15) is 5.75 Å². The number of hydrogen-bond acceptors (Lipinski definition) is 4. The van der Waals surface area contributed by atoms with Crippen LogP contribution in [0.25, 0.3) is 0 Å². The van der Waals surface area contributed by atoms with Crippen LogP contribution in [-0.4, -0.2) is 25.2 Å². The Kier molecular flexibility index (Phi) is 5.29. The summed E-state index contributed by atoms with van der Waals surface area (Å²) in [5.41, 5.74) is 0. The lowest BCUT2D eigenvalue weighted by Crippen LogP contribution is -2.34. The van der Waals surface area contributed by atoms with Gasteiger partial charge in [-0.05, 0) is 31.2 Å². The first-order valence-electron chi connectivity index (χ1n) is 4.96. The summed E-state index contributed by atoms with van der Waals surface area (Å²) in [5.74, 6) is -0.0770. The van der Waals surface area contributed by atoms with Crippen molar-refractivity contribution < 1.29 is 19.1 Å². The van der Waals surface area contributed by atoms with Gasteiger partial charge in [-0.15, -0.1) is 0 Å². The van der Waals surface area contributed by atoms with Gasteiger partial charge in [-0.3, -0.25) is 10.1 Å². The smallest absolute Gasteiger partial charge is 0.413 e. The maximum absolute atomic E-state index is 11.2. The Morgan fingerprint density at radius 3 is 2.53 bits per heavy atom. The van der Waals surface area contributed by atoms with Gasteiger partial charge in [0.05, 0.1) is 6.61 Å². The summed E-state index contributed by atoms with van der Waals surface area (Å²) in [6, 6.07) is 6.53. The van der Waals surface area contributed by atoms with Gasteiger partial charge in [0.15, 0.2) is 6.61 Å². The van der Waals surface area contributed by atoms with Crippen molar-refractivity contribution in [1.82, 2.24) is 5.32 Å². The number of carbonyl (C=O) groups excluding carboxylic acids is 2. The molecular weight excluding hydrogens is 246 g/mol. The van der Waals surface area contributed by atoms with Crippen molar-refractivity contribution in [3.63, 3.8) is 0 Å². The molecule has 17 heavy (non-hydrogen) atoms. The summed E-state index contributed by atoms with van der Waals surface area (Å²) in [7, 11) is 0. The van der Waals surface area contributed by atoms with E-state index in [4.69, 9.17) is 16.3 Å². The van der Waals surface area contributed by atoms with Gasteiger partial charge < -0.3 is 9.47 Å². The molecule has 0 aliphatic heterocycles. The molecule has 0 aliphatic carbocycles. The lowest BCUT2D eigenvalue weighted by molar-refractivity contribution is -0.122. The number of benzene rings is 1. The zero-order valence-electron chi connectivity index (χ0n) is 9.23. The quantitative estimate of drug-likeness (QED) is 0.896. The van der Waals surface area contributed by atoms with Gasteiger partial charge in [-0.2, -0.15) is 0 Å². The van der Waals surface area contributed by atoms with E-state index < -0.39 is 12.0 Å². The van der Waals surface area contributed by atoms with Gasteiger partial charge >= 0.3 is 6.09 Å². The highest BCUT2D eigenvalue weighted by molar-refractivity contribution is 6.30. The molecular formula is C11H12ClNO4. The topological polar surface area (TPSA) is 64.6 Å². The molecule has 2 amide bonds. The van der Waals surface area contributed by atoms with Crippen LogP contribution in [-0.2, 0) is 9.53 Å². The highest BCUT2D eigenvalue weighted by Crippen LogP contribution is 2.15. The first-order valence-corrected chi connectivity index (χ1v) is 5.34. The molecule has 1 aromatic rings. The summed E-state index contributed by atoms with van der Waals surface area (Å²) < 4.78 is 9.66. The third kappa shape index (κ3) is 5.21. The Hall–Kier alpha value is -1.75. The van der Waals surface area contributed by atoms with Crippen LogP contribution in [0.5, 0.6) is 5.75 Å². The number of imide groups is 1. The zero-order chi connectivity index (χ0) is 12.7. The Balaban J connectivity index is 2.33. The second-order valence-corrected chi connectivity index (χ2v) is 3.45. The van der Waals surface area contributed by atoms with E-state index in [2.05, 4.69) is 4.74 Å². The minimum Gasteiger partial charge on any atom is -0.484 e. The molecule has 0 bridgehead atoms. The van der Waals surface area contributed by atoms with Gasteiger partial charge in [0.2, 0.25) is 0 Å². The molecule has 1 N–H and O–H groups in total. The van der Waals surface area contributed by atoms with Gasteiger partial charge in [-0.1, -0.05) is 11.6 Å². The fourth-order valence-electron chi connectivity index (χ4n) is 0.997. The van der Waals surface area contributed by atoms with Crippen molar-refractivity contribution in [2.45, 2.75) is 6.92 Å². The maximum atomic E-state index is 11.2. The van der Waals surface area contributed by atoms with Crippen LogP contribution in [0.4, 0.5) is 4.79 Å². The minimum absolute atomic E-state index is 0.206. The molecule has 0 aromatic heterocycles. The Morgan fingerprint density at radius 1 is 1.29 bits per heavy atom. The maximum Gasteiger partial charge on any atom is 0.413 e. The number of alkyl carbamates (subject to hydrolysis) is 1. The molecule has 1 aromatic carbocycles. The minimum atomic E-state index is -0.780. The molecule has 0 radical (unpaired) electrons. The van der Waals surface area contributed by atoms with Gasteiger partial charge in [0, 0.05) is 5.02 Å². The monoisotopic (exact) mass is 257 g/mol. The molecule has 0 atom stereocenters. The Bertz CT molecular complexity index is 391. The standard InChI is InChI=1S/C11H12ClNO4/c1-2-16-11(15)13-10(14)7-17-9-5-3-8(12)4-6-9/h3-6H,2,7H2,1H3,(H,13,14,15). The van der Waals surface area contributed by atoms with Crippen molar-refractivity contribution >= 4 is 23.6 Å². The molecule has 1 rings (SSSR count). The number of nitrogens with one attached hydrogen (secondary N) is 1. The number of carbonyl (C=O) groups is 2. The summed E-state index contributed by atoms with van der Waals surface area (Å²) in [4.78, 5) is 22.1. The first kappa shape index (κ1) is 13.3. The normalized spacial score (nSPS) is 9.53. The fraction of sp³-hybridized carbons (Fsp3) is 0.273. The molecule has 92 valence electrons. The highest BCUT2D eigenvalue weighted by atomic mass is 35.5. The van der Waals surface area contributed by atoms with Gasteiger partial charge in [-0.25, -0.2) is 4.79 Å². The summed E-state index contributed by atoms with van der Waals surface area (Å²) in [5, 5.41) is 2.59. The predicted molar refractivity (Wildman–Crippen MR) is 62.1 cm³/mol. The second-order valence-electron chi connectivity index (χ2n) is 3.01. The third-order valence-corrected chi connectivity index (χ3v) is 1.95. The predicted octanol–water partition coefficient (Wildman–Crippen LogP) is 1.99. The Labute approximate surface area is 104 Å². The molecule has 6 heteroatoms. The molecule has 5 nitrogen and oxygen atoms in total.